The van der Waals surface area contributed by atoms with Crippen molar-refractivity contribution in [3.05, 3.63) is 65.7 Å². The zero-order chi connectivity index (χ0) is 21.1. The number of fused-ring (bicyclic) bond motifs is 2. The molecule has 2 saturated heterocycles. The minimum atomic E-state index is -4.71. The summed E-state index contributed by atoms with van der Waals surface area (Å²) < 4.78 is 40.8. The Morgan fingerprint density at radius 3 is 2.17 bits per heavy atom. The minimum absolute atomic E-state index is 0.0263. The number of halogens is 3. The molecule has 2 atom stereocenters. The molecule has 2 bridgehead atoms. The van der Waals surface area contributed by atoms with Gasteiger partial charge in [-0.1, -0.05) is 48.9 Å². The molecule has 6 heteroatoms. The number of carbonyl (C=O) groups excluding carboxylic acids is 1. The van der Waals surface area contributed by atoms with Crippen LogP contribution >= 0.6 is 0 Å². The number of carbonyl (C=O) groups is 1. The lowest BCUT2D eigenvalue weighted by atomic mass is 9.75. The van der Waals surface area contributed by atoms with Crippen LogP contribution in [0.5, 0.6) is 5.75 Å². The molecular weight excluding hydrogens is 391 g/mol. The Morgan fingerprint density at radius 2 is 1.57 bits per heavy atom. The average Bonchev–Trinajstić information content (AvgIpc) is 2.69. The van der Waals surface area contributed by atoms with Crippen LogP contribution in [-0.2, 0) is 17.8 Å². The van der Waals surface area contributed by atoms with Gasteiger partial charge < -0.3 is 4.74 Å². The Labute approximate surface area is 174 Å². The van der Waals surface area contributed by atoms with Crippen molar-refractivity contribution in [3.8, 4) is 5.75 Å². The summed E-state index contributed by atoms with van der Waals surface area (Å²) in [6.45, 7) is 0.928. The molecular formula is C24H26F3NO2. The number of rotatable bonds is 6. The first-order valence-corrected chi connectivity index (χ1v) is 10.5. The molecule has 2 heterocycles. The summed E-state index contributed by atoms with van der Waals surface area (Å²) in [7, 11) is 0. The van der Waals surface area contributed by atoms with Crippen LogP contribution in [0.15, 0.2) is 54.6 Å². The van der Waals surface area contributed by atoms with Crippen LogP contribution in [0.3, 0.4) is 0 Å². The molecule has 2 fully saturated rings. The molecule has 0 aromatic heterocycles. The van der Waals surface area contributed by atoms with E-state index in [-0.39, 0.29) is 23.9 Å². The molecule has 2 aromatic carbocycles. The first-order chi connectivity index (χ1) is 14.4. The predicted octanol–water partition coefficient (Wildman–Crippen LogP) is 5.53. The summed E-state index contributed by atoms with van der Waals surface area (Å²) in [6.07, 6.45) is 0.752. The molecule has 2 aromatic rings. The number of alkyl halides is 3. The van der Waals surface area contributed by atoms with Gasteiger partial charge >= 0.3 is 6.36 Å². The number of hydrogen-bond acceptors (Lipinski definition) is 3. The monoisotopic (exact) mass is 417 g/mol. The lowest BCUT2D eigenvalue weighted by molar-refractivity contribution is -0.274. The lowest BCUT2D eigenvalue weighted by Crippen LogP contribution is -2.52. The smallest absolute Gasteiger partial charge is 0.406 e. The van der Waals surface area contributed by atoms with Gasteiger partial charge in [-0.2, -0.15) is 0 Å². The van der Waals surface area contributed by atoms with E-state index in [1.165, 1.54) is 24.1 Å². The molecule has 2 aliphatic heterocycles. The van der Waals surface area contributed by atoms with E-state index < -0.39 is 6.36 Å². The number of ether oxygens (including phenoxy) is 1. The van der Waals surface area contributed by atoms with E-state index in [4.69, 9.17) is 0 Å². The summed E-state index contributed by atoms with van der Waals surface area (Å²) in [6, 6.07) is 16.9. The fourth-order valence-electron chi connectivity index (χ4n) is 4.95. The molecule has 2 aliphatic rings. The molecule has 0 radical (unpaired) electrons. The molecule has 0 N–H and O–H groups in total. The van der Waals surface area contributed by atoms with Crippen LogP contribution in [0.1, 0.15) is 43.2 Å². The molecule has 0 spiro atoms. The van der Waals surface area contributed by atoms with Crippen LogP contribution in [0, 0.1) is 5.92 Å². The van der Waals surface area contributed by atoms with Crippen molar-refractivity contribution in [1.82, 2.24) is 4.90 Å². The van der Waals surface area contributed by atoms with Gasteiger partial charge in [0.05, 0.1) is 0 Å². The van der Waals surface area contributed by atoms with Crippen LogP contribution in [0.4, 0.5) is 13.2 Å². The van der Waals surface area contributed by atoms with Crippen molar-refractivity contribution in [2.24, 2.45) is 5.92 Å². The van der Waals surface area contributed by atoms with Gasteiger partial charge in [0.25, 0.3) is 0 Å². The molecule has 0 aliphatic carbocycles. The second-order valence-electron chi connectivity index (χ2n) is 8.40. The average molecular weight is 417 g/mol. The van der Waals surface area contributed by atoms with E-state index in [0.717, 1.165) is 37.8 Å². The van der Waals surface area contributed by atoms with Crippen LogP contribution in [0.25, 0.3) is 0 Å². The molecule has 2 unspecified atom stereocenters. The number of hydrogen-bond donors (Lipinski definition) is 0. The van der Waals surface area contributed by atoms with E-state index in [0.29, 0.717) is 12.1 Å². The second kappa shape index (κ2) is 8.80. The SMILES string of the molecule is O=C(Cc1ccc(OC(F)(F)F)cc1)C1CC2CCCC(C1)N2Cc1ccccc1. The van der Waals surface area contributed by atoms with Crippen molar-refractivity contribution < 1.29 is 22.7 Å². The summed E-state index contributed by atoms with van der Waals surface area (Å²) in [5.74, 6) is -0.0448. The zero-order valence-electron chi connectivity index (χ0n) is 16.8. The zero-order valence-corrected chi connectivity index (χ0v) is 16.8. The van der Waals surface area contributed by atoms with Gasteiger partial charge in [-0.15, -0.1) is 13.2 Å². The van der Waals surface area contributed by atoms with Crippen LogP contribution < -0.4 is 4.74 Å². The van der Waals surface area contributed by atoms with E-state index >= 15 is 0 Å². The fraction of sp³-hybridized carbons (Fsp3) is 0.458. The van der Waals surface area contributed by atoms with Crippen molar-refractivity contribution >= 4 is 5.78 Å². The third-order valence-electron chi connectivity index (χ3n) is 6.32. The van der Waals surface area contributed by atoms with Crippen molar-refractivity contribution in [2.45, 2.75) is 63.5 Å². The molecule has 0 amide bonds. The van der Waals surface area contributed by atoms with E-state index in [9.17, 15) is 18.0 Å². The maximum Gasteiger partial charge on any atom is 0.573 e. The third-order valence-corrected chi connectivity index (χ3v) is 6.32. The van der Waals surface area contributed by atoms with Gasteiger partial charge in [-0.25, -0.2) is 0 Å². The Hall–Kier alpha value is -2.34. The van der Waals surface area contributed by atoms with Gasteiger partial charge in [-0.3, -0.25) is 9.69 Å². The largest absolute Gasteiger partial charge is 0.573 e. The number of Topliss-reactive ketones (excluding diaryl/α,β-unsaturated/α-hetero) is 1. The van der Waals surface area contributed by atoms with Gasteiger partial charge in [-0.05, 0) is 48.9 Å². The highest BCUT2D eigenvalue weighted by Gasteiger charge is 2.40. The van der Waals surface area contributed by atoms with Crippen molar-refractivity contribution in [2.75, 3.05) is 0 Å². The maximum absolute atomic E-state index is 12.9. The molecule has 0 saturated carbocycles. The lowest BCUT2D eigenvalue weighted by Gasteiger charge is -2.48. The maximum atomic E-state index is 12.9. The third kappa shape index (κ3) is 5.22. The van der Waals surface area contributed by atoms with Gasteiger partial charge in [0, 0.05) is 31.0 Å². The summed E-state index contributed by atoms with van der Waals surface area (Å²) in [5, 5.41) is 0. The van der Waals surface area contributed by atoms with Crippen molar-refractivity contribution in [3.63, 3.8) is 0 Å². The van der Waals surface area contributed by atoms with Crippen molar-refractivity contribution in [1.29, 1.82) is 0 Å². The second-order valence-corrected chi connectivity index (χ2v) is 8.40. The van der Waals surface area contributed by atoms with Crippen LogP contribution in [0.2, 0.25) is 0 Å². The fourth-order valence-corrected chi connectivity index (χ4v) is 4.95. The summed E-state index contributed by atoms with van der Waals surface area (Å²) in [4.78, 5) is 15.5. The number of nitrogens with zero attached hydrogens (tertiary/aromatic N) is 1. The Morgan fingerprint density at radius 1 is 0.933 bits per heavy atom. The van der Waals surface area contributed by atoms with E-state index in [2.05, 4.69) is 33.9 Å². The molecule has 4 rings (SSSR count). The quantitative estimate of drug-likeness (QED) is 0.619. The van der Waals surface area contributed by atoms with Crippen LogP contribution in [-0.4, -0.2) is 29.1 Å². The number of piperidine rings is 2. The van der Waals surface area contributed by atoms with Gasteiger partial charge in [0.2, 0.25) is 0 Å². The molecule has 160 valence electrons. The first-order valence-electron chi connectivity index (χ1n) is 10.5. The normalized spacial score (nSPS) is 24.4. The Balaban J connectivity index is 1.37. The number of ketones is 1. The highest BCUT2D eigenvalue weighted by molar-refractivity contribution is 5.83. The standard InChI is InChI=1S/C24H26F3NO2/c25-24(26,27)30-22-11-9-17(10-12-22)13-23(29)19-14-20-7-4-8-21(15-19)28(20)16-18-5-2-1-3-6-18/h1-3,5-6,9-12,19-21H,4,7-8,13-16H2. The Kier molecular flexibility index (Phi) is 6.14. The molecule has 30 heavy (non-hydrogen) atoms. The highest BCUT2D eigenvalue weighted by atomic mass is 19.4. The van der Waals surface area contributed by atoms with Gasteiger partial charge in [0.15, 0.2) is 0 Å². The minimum Gasteiger partial charge on any atom is -0.406 e. The topological polar surface area (TPSA) is 29.5 Å². The number of benzene rings is 2. The van der Waals surface area contributed by atoms with Gasteiger partial charge in [0.1, 0.15) is 11.5 Å². The molecule has 3 nitrogen and oxygen atoms in total. The summed E-state index contributed by atoms with van der Waals surface area (Å²) in [5.41, 5.74) is 2.03. The predicted molar refractivity (Wildman–Crippen MR) is 108 cm³/mol. The summed E-state index contributed by atoms with van der Waals surface area (Å²) >= 11 is 0. The van der Waals surface area contributed by atoms with E-state index in [1.807, 2.05) is 6.07 Å². The Bertz CT molecular complexity index is 837. The first kappa shape index (κ1) is 20.9. The highest BCUT2D eigenvalue weighted by Crippen LogP contribution is 2.38. The van der Waals surface area contributed by atoms with E-state index in [1.54, 1.807) is 12.1 Å².